The topological polar surface area (TPSA) is 41.5 Å². The van der Waals surface area contributed by atoms with E-state index in [1.807, 2.05) is 42.5 Å². The minimum Gasteiger partial charge on any atom is -0.491 e. The Balaban J connectivity index is 1.72. The van der Waals surface area contributed by atoms with Crippen LogP contribution in [0, 0.1) is 0 Å². The summed E-state index contributed by atoms with van der Waals surface area (Å²) >= 11 is 3.37. The lowest BCUT2D eigenvalue weighted by atomic mass is 10.1. The molecule has 21 heavy (non-hydrogen) atoms. The van der Waals surface area contributed by atoms with Crippen molar-refractivity contribution < 1.29 is 9.84 Å². The van der Waals surface area contributed by atoms with E-state index in [-0.39, 0.29) is 12.6 Å². The molecule has 0 radical (unpaired) electrons. The molecule has 0 amide bonds. The van der Waals surface area contributed by atoms with Crippen LogP contribution in [-0.4, -0.2) is 24.4 Å². The Kier molecular flexibility index (Phi) is 6.23. The van der Waals surface area contributed by atoms with E-state index in [4.69, 9.17) is 4.74 Å². The molecule has 2 N–H and O–H groups in total. The average Bonchev–Trinajstić information content (AvgIpc) is 2.53. The van der Waals surface area contributed by atoms with Crippen LogP contribution in [0.25, 0.3) is 0 Å². The van der Waals surface area contributed by atoms with Crippen molar-refractivity contribution in [3.05, 3.63) is 64.6 Å². The third kappa shape index (κ3) is 5.50. The highest BCUT2D eigenvalue weighted by Crippen LogP contribution is 2.16. The normalized spacial score (nSPS) is 13.7. The molecule has 0 saturated carbocycles. The van der Waals surface area contributed by atoms with E-state index >= 15 is 0 Å². The second-order valence-electron chi connectivity index (χ2n) is 4.96. The third-order valence-electron chi connectivity index (χ3n) is 3.22. The Morgan fingerprint density at radius 3 is 2.43 bits per heavy atom. The van der Waals surface area contributed by atoms with Gasteiger partial charge in [0.25, 0.3) is 0 Å². The predicted octanol–water partition coefficient (Wildman–Crippen LogP) is 3.54. The van der Waals surface area contributed by atoms with Gasteiger partial charge < -0.3 is 15.2 Å². The second kappa shape index (κ2) is 8.17. The van der Waals surface area contributed by atoms with Gasteiger partial charge in [0.2, 0.25) is 0 Å². The zero-order chi connectivity index (χ0) is 15.1. The Bertz CT molecular complexity index is 530. The van der Waals surface area contributed by atoms with Gasteiger partial charge in [-0.05, 0) is 36.8 Å². The molecule has 0 saturated heterocycles. The van der Waals surface area contributed by atoms with Gasteiger partial charge in [-0.3, -0.25) is 0 Å². The number of hydrogen-bond acceptors (Lipinski definition) is 3. The highest BCUT2D eigenvalue weighted by molar-refractivity contribution is 9.10. The maximum atomic E-state index is 9.96. The van der Waals surface area contributed by atoms with Crippen LogP contribution in [0.2, 0.25) is 0 Å². The lowest BCUT2D eigenvalue weighted by Crippen LogP contribution is -2.33. The van der Waals surface area contributed by atoms with Crippen molar-refractivity contribution in [2.45, 2.75) is 19.1 Å². The molecule has 0 bridgehead atoms. The van der Waals surface area contributed by atoms with Crippen molar-refractivity contribution in [3.63, 3.8) is 0 Å². The average molecular weight is 350 g/mol. The molecular formula is C17H20BrNO2. The molecule has 0 aliphatic carbocycles. The van der Waals surface area contributed by atoms with Crippen molar-refractivity contribution in [3.8, 4) is 5.75 Å². The predicted molar refractivity (Wildman–Crippen MR) is 88.5 cm³/mol. The van der Waals surface area contributed by atoms with E-state index in [1.165, 1.54) is 5.56 Å². The Hall–Kier alpha value is -1.36. The van der Waals surface area contributed by atoms with Gasteiger partial charge in [0.15, 0.2) is 0 Å². The number of benzene rings is 2. The van der Waals surface area contributed by atoms with Gasteiger partial charge in [-0.15, -0.1) is 0 Å². The Labute approximate surface area is 134 Å². The molecule has 2 rings (SSSR count). The fourth-order valence-corrected chi connectivity index (χ4v) is 2.22. The van der Waals surface area contributed by atoms with Gasteiger partial charge in [0, 0.05) is 17.1 Å². The molecule has 0 spiro atoms. The number of hydrogen-bond donors (Lipinski definition) is 2. The van der Waals surface area contributed by atoms with Crippen LogP contribution >= 0.6 is 15.9 Å². The highest BCUT2D eigenvalue weighted by Gasteiger charge is 2.09. The smallest absolute Gasteiger partial charge is 0.119 e. The Morgan fingerprint density at radius 2 is 1.76 bits per heavy atom. The molecule has 0 fully saturated rings. The van der Waals surface area contributed by atoms with Gasteiger partial charge in [-0.2, -0.15) is 0 Å². The van der Waals surface area contributed by atoms with E-state index in [1.54, 1.807) is 0 Å². The number of ether oxygens (including phenoxy) is 1. The number of nitrogens with one attached hydrogen (secondary N) is 1. The summed E-state index contributed by atoms with van der Waals surface area (Å²) in [7, 11) is 0. The van der Waals surface area contributed by atoms with E-state index in [2.05, 4.69) is 40.3 Å². The lowest BCUT2D eigenvalue weighted by molar-refractivity contribution is 0.104. The fourth-order valence-electron chi connectivity index (χ4n) is 1.95. The summed E-state index contributed by atoms with van der Waals surface area (Å²) in [6.07, 6.45) is -0.542. The molecule has 3 nitrogen and oxygen atoms in total. The van der Waals surface area contributed by atoms with Crippen LogP contribution in [0.1, 0.15) is 18.5 Å². The highest BCUT2D eigenvalue weighted by atomic mass is 79.9. The Morgan fingerprint density at radius 1 is 1.10 bits per heavy atom. The summed E-state index contributed by atoms with van der Waals surface area (Å²) < 4.78 is 6.56. The number of rotatable bonds is 7. The first-order valence-electron chi connectivity index (χ1n) is 7.00. The van der Waals surface area contributed by atoms with Crippen molar-refractivity contribution in [2.75, 3.05) is 13.2 Å². The molecule has 0 aromatic heterocycles. The van der Waals surface area contributed by atoms with E-state index in [0.717, 1.165) is 10.2 Å². The molecular weight excluding hydrogens is 330 g/mol. The maximum Gasteiger partial charge on any atom is 0.119 e. The molecule has 0 aliphatic rings. The molecule has 0 heterocycles. The first-order valence-corrected chi connectivity index (χ1v) is 7.79. The summed E-state index contributed by atoms with van der Waals surface area (Å²) in [6.45, 7) is 2.85. The lowest BCUT2D eigenvalue weighted by Gasteiger charge is -2.18. The minimum absolute atomic E-state index is 0.202. The van der Waals surface area contributed by atoms with Crippen molar-refractivity contribution in [1.29, 1.82) is 0 Å². The number of aliphatic hydroxyl groups is 1. The fraction of sp³-hybridized carbons (Fsp3) is 0.294. The minimum atomic E-state index is -0.542. The monoisotopic (exact) mass is 349 g/mol. The van der Waals surface area contributed by atoms with Gasteiger partial charge in [0.1, 0.15) is 18.5 Å². The molecule has 112 valence electrons. The zero-order valence-corrected chi connectivity index (χ0v) is 13.6. The van der Waals surface area contributed by atoms with Crippen LogP contribution in [-0.2, 0) is 0 Å². The molecule has 2 aromatic rings. The van der Waals surface area contributed by atoms with Crippen LogP contribution < -0.4 is 10.1 Å². The summed E-state index contributed by atoms with van der Waals surface area (Å²) in [5, 5.41) is 13.3. The van der Waals surface area contributed by atoms with Crippen LogP contribution in [0.3, 0.4) is 0 Å². The first-order chi connectivity index (χ1) is 10.1. The second-order valence-corrected chi connectivity index (χ2v) is 5.88. The van der Waals surface area contributed by atoms with E-state index < -0.39 is 6.10 Å². The van der Waals surface area contributed by atoms with E-state index in [0.29, 0.717) is 6.54 Å². The molecule has 0 aliphatic heterocycles. The summed E-state index contributed by atoms with van der Waals surface area (Å²) in [5.74, 6) is 0.758. The number of aliphatic hydroxyl groups excluding tert-OH is 1. The van der Waals surface area contributed by atoms with Crippen molar-refractivity contribution >= 4 is 15.9 Å². The van der Waals surface area contributed by atoms with Crippen LogP contribution in [0.15, 0.2) is 59.1 Å². The van der Waals surface area contributed by atoms with Crippen LogP contribution in [0.4, 0.5) is 0 Å². The largest absolute Gasteiger partial charge is 0.491 e. The van der Waals surface area contributed by atoms with Crippen molar-refractivity contribution in [1.82, 2.24) is 5.32 Å². The molecule has 1 unspecified atom stereocenters. The van der Waals surface area contributed by atoms with Crippen molar-refractivity contribution in [2.24, 2.45) is 0 Å². The summed E-state index contributed by atoms with van der Waals surface area (Å²) in [4.78, 5) is 0. The summed E-state index contributed by atoms with van der Waals surface area (Å²) in [5.41, 5.74) is 1.21. The standard InChI is InChI=1S/C17H20BrNO2/c1-13(14-5-3-2-4-6-14)19-11-16(20)12-21-17-9-7-15(18)8-10-17/h2-10,13,16,19-20H,11-12H2,1H3/t13-,16?/m1/s1. The van der Waals surface area contributed by atoms with E-state index in [9.17, 15) is 5.11 Å². The third-order valence-corrected chi connectivity index (χ3v) is 3.74. The quantitative estimate of drug-likeness (QED) is 0.803. The van der Waals surface area contributed by atoms with Gasteiger partial charge in [0.05, 0.1) is 0 Å². The zero-order valence-electron chi connectivity index (χ0n) is 12.0. The maximum absolute atomic E-state index is 9.96. The molecule has 4 heteroatoms. The van der Waals surface area contributed by atoms with Gasteiger partial charge in [-0.25, -0.2) is 0 Å². The number of halogens is 1. The SMILES string of the molecule is C[C@@H](NCC(O)COc1ccc(Br)cc1)c1ccccc1. The van der Waals surface area contributed by atoms with Gasteiger partial charge in [-0.1, -0.05) is 46.3 Å². The summed E-state index contributed by atoms with van der Waals surface area (Å²) in [6, 6.07) is 17.9. The van der Waals surface area contributed by atoms with Gasteiger partial charge >= 0.3 is 0 Å². The molecule has 2 atom stereocenters. The van der Waals surface area contributed by atoms with Crippen LogP contribution in [0.5, 0.6) is 5.75 Å². The first kappa shape index (κ1) is 16.0. The molecule has 2 aromatic carbocycles.